The van der Waals surface area contributed by atoms with Gasteiger partial charge in [-0.25, -0.2) is 4.39 Å². The molecule has 0 atom stereocenters. The Morgan fingerprint density at radius 3 is 2.83 bits per heavy atom. The number of benzene rings is 2. The van der Waals surface area contributed by atoms with Crippen LogP contribution in [0.1, 0.15) is 5.89 Å². The minimum atomic E-state index is -0.669. The Morgan fingerprint density at radius 1 is 1.29 bits per heavy atom. The summed E-state index contributed by atoms with van der Waals surface area (Å²) in [6, 6.07) is 9.85. The second kappa shape index (κ2) is 6.63. The van der Waals surface area contributed by atoms with E-state index < -0.39 is 10.7 Å². The first-order valence-electron chi connectivity index (χ1n) is 6.69. The van der Waals surface area contributed by atoms with E-state index in [1.807, 2.05) is 0 Å². The second-order valence-electron chi connectivity index (χ2n) is 4.65. The van der Waals surface area contributed by atoms with E-state index in [2.05, 4.69) is 10.1 Å². The van der Waals surface area contributed by atoms with Crippen molar-refractivity contribution in [2.24, 2.45) is 0 Å². The lowest BCUT2D eigenvalue weighted by molar-refractivity contribution is -0.386. The van der Waals surface area contributed by atoms with Gasteiger partial charge in [0.05, 0.1) is 9.95 Å². The molecule has 0 aliphatic rings. The third-order valence-corrected chi connectivity index (χ3v) is 3.38. The van der Waals surface area contributed by atoms with Crippen LogP contribution in [-0.2, 0) is 6.61 Å². The molecule has 122 valence electrons. The smallest absolute Gasteiger partial charge is 0.311 e. The van der Waals surface area contributed by atoms with E-state index in [0.29, 0.717) is 10.6 Å². The van der Waals surface area contributed by atoms with E-state index in [1.165, 1.54) is 0 Å². The van der Waals surface area contributed by atoms with Gasteiger partial charge in [0.25, 0.3) is 5.89 Å². The lowest BCUT2D eigenvalue weighted by Gasteiger charge is -2.03. The minimum Gasteiger partial charge on any atom is -0.477 e. The van der Waals surface area contributed by atoms with Crippen LogP contribution < -0.4 is 4.74 Å². The SMILES string of the molecule is O=[N+]([O-])c1ccc(F)cc1OCc1nc(-c2ccccc2Cl)no1. The lowest BCUT2D eigenvalue weighted by Crippen LogP contribution is -2.00. The van der Waals surface area contributed by atoms with Crippen molar-refractivity contribution < 1.29 is 18.6 Å². The van der Waals surface area contributed by atoms with Crippen LogP contribution in [0.3, 0.4) is 0 Å². The Labute approximate surface area is 139 Å². The second-order valence-corrected chi connectivity index (χ2v) is 5.06. The predicted molar refractivity (Wildman–Crippen MR) is 82.1 cm³/mol. The Hall–Kier alpha value is -3.00. The van der Waals surface area contributed by atoms with E-state index in [1.54, 1.807) is 24.3 Å². The number of nitro benzene ring substituents is 1. The first-order chi connectivity index (χ1) is 11.5. The van der Waals surface area contributed by atoms with Crippen molar-refractivity contribution in [1.82, 2.24) is 10.1 Å². The number of aromatic nitrogens is 2. The average molecular weight is 350 g/mol. The Morgan fingerprint density at radius 2 is 2.08 bits per heavy atom. The fourth-order valence-electron chi connectivity index (χ4n) is 1.96. The van der Waals surface area contributed by atoms with Crippen molar-refractivity contribution in [3.8, 4) is 17.1 Å². The molecule has 0 N–H and O–H groups in total. The highest BCUT2D eigenvalue weighted by molar-refractivity contribution is 6.33. The molecule has 1 heterocycles. The lowest BCUT2D eigenvalue weighted by atomic mass is 10.2. The zero-order chi connectivity index (χ0) is 17.1. The standard InChI is InChI=1S/C15H9ClFN3O4/c16-11-4-2-1-3-10(11)15-18-14(24-19-15)8-23-13-7-9(17)5-6-12(13)20(21)22/h1-7H,8H2. The molecule has 0 bridgehead atoms. The fraction of sp³-hybridized carbons (Fsp3) is 0.0667. The van der Waals surface area contributed by atoms with Crippen LogP contribution >= 0.6 is 11.6 Å². The topological polar surface area (TPSA) is 91.3 Å². The van der Waals surface area contributed by atoms with Crippen LogP contribution in [0.15, 0.2) is 47.0 Å². The summed E-state index contributed by atoms with van der Waals surface area (Å²) in [5.41, 5.74) is 0.216. The number of hydrogen-bond acceptors (Lipinski definition) is 6. The maximum absolute atomic E-state index is 13.2. The van der Waals surface area contributed by atoms with Gasteiger partial charge in [-0.05, 0) is 18.2 Å². The van der Waals surface area contributed by atoms with Crippen molar-refractivity contribution in [1.29, 1.82) is 0 Å². The monoisotopic (exact) mass is 349 g/mol. The van der Waals surface area contributed by atoms with Gasteiger partial charge < -0.3 is 9.26 Å². The molecule has 2 aromatic carbocycles. The van der Waals surface area contributed by atoms with Gasteiger partial charge >= 0.3 is 5.69 Å². The third-order valence-electron chi connectivity index (χ3n) is 3.05. The number of ether oxygens (including phenoxy) is 1. The number of nitro groups is 1. The molecule has 1 aromatic heterocycles. The van der Waals surface area contributed by atoms with Gasteiger partial charge in [0.1, 0.15) is 5.82 Å². The van der Waals surface area contributed by atoms with Crippen LogP contribution in [0, 0.1) is 15.9 Å². The summed E-state index contributed by atoms with van der Waals surface area (Å²) in [5, 5.41) is 15.1. The Bertz CT molecular complexity index is 900. The van der Waals surface area contributed by atoms with Gasteiger partial charge in [-0.15, -0.1) is 0 Å². The molecule has 0 amide bonds. The van der Waals surface area contributed by atoms with E-state index in [9.17, 15) is 14.5 Å². The summed E-state index contributed by atoms with van der Waals surface area (Å²) in [5.74, 6) is -0.549. The molecule has 0 spiro atoms. The summed E-state index contributed by atoms with van der Waals surface area (Å²) in [6.07, 6.45) is 0. The number of rotatable bonds is 5. The maximum Gasteiger partial charge on any atom is 0.311 e. The van der Waals surface area contributed by atoms with Crippen LogP contribution in [0.4, 0.5) is 10.1 Å². The number of nitrogens with zero attached hydrogens (tertiary/aromatic N) is 3. The molecule has 9 heteroatoms. The summed E-state index contributed by atoms with van der Waals surface area (Å²) < 4.78 is 23.5. The van der Waals surface area contributed by atoms with Crippen molar-refractivity contribution in [3.05, 3.63) is 69.3 Å². The molecule has 0 fully saturated rings. The fourth-order valence-corrected chi connectivity index (χ4v) is 2.18. The molecule has 0 radical (unpaired) electrons. The highest BCUT2D eigenvalue weighted by Gasteiger charge is 2.18. The summed E-state index contributed by atoms with van der Waals surface area (Å²) in [4.78, 5) is 14.3. The Balaban J connectivity index is 1.78. The van der Waals surface area contributed by atoms with E-state index in [4.69, 9.17) is 20.9 Å². The van der Waals surface area contributed by atoms with Gasteiger partial charge in [-0.2, -0.15) is 4.98 Å². The van der Waals surface area contributed by atoms with E-state index in [-0.39, 0.29) is 29.8 Å². The molecule has 3 rings (SSSR count). The highest BCUT2D eigenvalue weighted by atomic mass is 35.5. The number of hydrogen-bond donors (Lipinski definition) is 0. The van der Waals surface area contributed by atoms with Crippen molar-refractivity contribution >= 4 is 17.3 Å². The molecule has 0 aliphatic heterocycles. The zero-order valence-electron chi connectivity index (χ0n) is 12.0. The molecule has 0 saturated carbocycles. The number of halogens is 2. The van der Waals surface area contributed by atoms with Gasteiger partial charge in [0.15, 0.2) is 6.61 Å². The van der Waals surface area contributed by atoms with Crippen LogP contribution in [0.5, 0.6) is 5.75 Å². The van der Waals surface area contributed by atoms with Gasteiger partial charge in [-0.1, -0.05) is 28.9 Å². The first kappa shape index (κ1) is 15.9. The molecule has 7 nitrogen and oxygen atoms in total. The van der Waals surface area contributed by atoms with Gasteiger partial charge in [-0.3, -0.25) is 10.1 Å². The van der Waals surface area contributed by atoms with Crippen molar-refractivity contribution in [2.75, 3.05) is 0 Å². The van der Waals surface area contributed by atoms with Gasteiger partial charge in [0.2, 0.25) is 11.6 Å². The Kier molecular flexibility index (Phi) is 4.39. The summed E-state index contributed by atoms with van der Waals surface area (Å²) >= 11 is 6.04. The highest BCUT2D eigenvalue weighted by Crippen LogP contribution is 2.29. The molecular formula is C15H9ClFN3O4. The quantitative estimate of drug-likeness (QED) is 0.510. The largest absolute Gasteiger partial charge is 0.477 e. The maximum atomic E-state index is 13.2. The van der Waals surface area contributed by atoms with Crippen LogP contribution in [-0.4, -0.2) is 15.1 Å². The zero-order valence-corrected chi connectivity index (χ0v) is 12.7. The van der Waals surface area contributed by atoms with Crippen molar-refractivity contribution in [3.63, 3.8) is 0 Å². The molecular weight excluding hydrogens is 341 g/mol. The molecule has 0 saturated heterocycles. The third kappa shape index (κ3) is 3.33. The van der Waals surface area contributed by atoms with Gasteiger partial charge in [0, 0.05) is 17.7 Å². The van der Waals surface area contributed by atoms with E-state index >= 15 is 0 Å². The van der Waals surface area contributed by atoms with Crippen LogP contribution in [0.25, 0.3) is 11.4 Å². The van der Waals surface area contributed by atoms with E-state index in [0.717, 1.165) is 18.2 Å². The first-order valence-corrected chi connectivity index (χ1v) is 7.06. The molecule has 0 unspecified atom stereocenters. The van der Waals surface area contributed by atoms with Crippen LogP contribution in [0.2, 0.25) is 5.02 Å². The average Bonchev–Trinajstić information content (AvgIpc) is 3.02. The molecule has 0 aliphatic carbocycles. The minimum absolute atomic E-state index is 0.0727. The van der Waals surface area contributed by atoms with Crippen molar-refractivity contribution in [2.45, 2.75) is 6.61 Å². The summed E-state index contributed by atoms with van der Waals surface area (Å²) in [6.45, 7) is -0.248. The summed E-state index contributed by atoms with van der Waals surface area (Å²) in [7, 11) is 0. The normalized spacial score (nSPS) is 10.6. The molecule has 3 aromatic rings. The predicted octanol–water partition coefficient (Wildman–Crippen LogP) is 4.02. The molecule has 24 heavy (non-hydrogen) atoms.